The molecule has 0 saturated carbocycles. The van der Waals surface area contributed by atoms with Crippen LogP contribution >= 0.6 is 0 Å². The van der Waals surface area contributed by atoms with Crippen LogP contribution in [0.2, 0.25) is 0 Å². The van der Waals surface area contributed by atoms with Crippen molar-refractivity contribution in [3.8, 4) is 11.5 Å². The summed E-state index contributed by atoms with van der Waals surface area (Å²) in [5.41, 5.74) is 6.45. The number of fused-ring (bicyclic) bond motifs is 8. The number of hydrogen-bond donors (Lipinski definition) is 0. The van der Waals surface area contributed by atoms with E-state index in [1.165, 1.54) is 11.1 Å². The topological polar surface area (TPSA) is 159 Å². The fraction of sp³-hybridized carbons (Fsp3) is 0.424. The highest BCUT2D eigenvalue weighted by atomic mass is 16.6. The van der Waals surface area contributed by atoms with E-state index in [-0.39, 0.29) is 56.1 Å². The van der Waals surface area contributed by atoms with E-state index in [9.17, 15) is 19.2 Å². The van der Waals surface area contributed by atoms with Gasteiger partial charge in [-0.2, -0.15) is 0 Å². The van der Waals surface area contributed by atoms with Crippen LogP contribution in [0.1, 0.15) is 77.3 Å². The Bertz CT molecular complexity index is 3550. The molecule has 2 spiro atoms. The van der Waals surface area contributed by atoms with Crippen molar-refractivity contribution in [1.29, 1.82) is 0 Å². The highest BCUT2D eigenvalue weighted by Crippen LogP contribution is 2.55. The molecule has 83 heavy (non-hydrogen) atoms. The summed E-state index contributed by atoms with van der Waals surface area (Å²) in [7, 11) is 4.11. The maximum Gasteiger partial charge on any atom is 0.306 e. The zero-order valence-corrected chi connectivity index (χ0v) is 48.5. The molecule has 4 unspecified atom stereocenters. The van der Waals surface area contributed by atoms with Gasteiger partial charge in [0.1, 0.15) is 23.6 Å². The Labute approximate surface area is 485 Å². The number of nitrogens with zero attached hydrogens (tertiary/aromatic N) is 8. The summed E-state index contributed by atoms with van der Waals surface area (Å²) in [5, 5.41) is 4.17. The predicted molar refractivity (Wildman–Crippen MR) is 325 cm³/mol. The Morgan fingerprint density at radius 3 is 1.53 bits per heavy atom. The summed E-state index contributed by atoms with van der Waals surface area (Å²) in [6.45, 7) is 13.0. The molecule has 0 N–H and O–H groups in total. The minimum atomic E-state index is -0.816. The second kappa shape index (κ2) is 22.5. The molecule has 2 fully saturated rings. The number of anilines is 4. The zero-order chi connectivity index (χ0) is 57.6. The molecule has 0 radical (unpaired) electrons. The number of carbonyl (C=O) groups is 4. The summed E-state index contributed by atoms with van der Waals surface area (Å²) in [5.74, 6) is 0.336. The highest BCUT2D eigenvalue weighted by molar-refractivity contribution is 6.07. The molecule has 6 aliphatic rings. The van der Waals surface area contributed by atoms with Crippen molar-refractivity contribution < 1.29 is 42.9 Å². The Kier molecular flexibility index (Phi) is 15.0. The predicted octanol–water partition coefficient (Wildman–Crippen LogP) is 9.91. The van der Waals surface area contributed by atoms with E-state index < -0.39 is 35.6 Å². The van der Waals surface area contributed by atoms with Crippen LogP contribution in [0.25, 0.3) is 21.5 Å². The van der Waals surface area contributed by atoms with Crippen LogP contribution in [0, 0.1) is 0 Å². The van der Waals surface area contributed by atoms with Gasteiger partial charge in [-0.15, -0.1) is 0 Å². The van der Waals surface area contributed by atoms with Crippen LogP contribution in [0.5, 0.6) is 11.5 Å². The van der Waals surface area contributed by atoms with Gasteiger partial charge in [0, 0.05) is 142 Å². The lowest BCUT2D eigenvalue weighted by molar-refractivity contribution is -0.158. The summed E-state index contributed by atoms with van der Waals surface area (Å²) in [6, 6.07) is 37.5. The van der Waals surface area contributed by atoms with Crippen molar-refractivity contribution in [3.05, 3.63) is 120 Å². The fourth-order valence-corrected chi connectivity index (χ4v) is 13.1. The number of piperazine rings is 2. The van der Waals surface area contributed by atoms with Crippen molar-refractivity contribution in [2.75, 3.05) is 99.3 Å². The van der Waals surface area contributed by atoms with Crippen LogP contribution in [0.15, 0.2) is 119 Å². The van der Waals surface area contributed by atoms with Crippen LogP contribution in [0.4, 0.5) is 34.1 Å². The van der Waals surface area contributed by atoms with E-state index in [0.29, 0.717) is 71.6 Å². The third-order valence-corrected chi connectivity index (χ3v) is 18.1. The van der Waals surface area contributed by atoms with Crippen molar-refractivity contribution in [2.45, 2.75) is 102 Å². The molecular formula is C66H74N8O9. The Hall–Kier alpha value is -8.18. The zero-order valence-electron chi connectivity index (χ0n) is 48.5. The van der Waals surface area contributed by atoms with Gasteiger partial charge < -0.3 is 53.1 Å². The Morgan fingerprint density at radius 2 is 1.01 bits per heavy atom. The molecule has 432 valence electrons. The molecule has 6 heterocycles. The first kappa shape index (κ1) is 55.4. The van der Waals surface area contributed by atoms with Gasteiger partial charge in [0.2, 0.25) is 23.3 Å². The van der Waals surface area contributed by atoms with E-state index in [2.05, 4.69) is 119 Å². The van der Waals surface area contributed by atoms with Gasteiger partial charge in [-0.3, -0.25) is 29.2 Å². The summed E-state index contributed by atoms with van der Waals surface area (Å²) >= 11 is 0. The number of likely N-dealkylation sites (N-methyl/N-ethyl adjacent to an activating group) is 2. The van der Waals surface area contributed by atoms with Crippen LogP contribution in [-0.2, 0) is 45.2 Å². The first-order valence-electron chi connectivity index (χ1n) is 29.5. The number of esters is 2. The molecule has 6 aromatic carbocycles. The summed E-state index contributed by atoms with van der Waals surface area (Å²) in [6.07, 6.45) is 4.54. The van der Waals surface area contributed by atoms with Gasteiger partial charge in [-0.25, -0.2) is 0 Å². The molecule has 17 heteroatoms. The average molecular weight is 1120 g/mol. The van der Waals surface area contributed by atoms with E-state index in [1.807, 2.05) is 73.5 Å². The number of carbonyl (C=O) groups excluding carboxylic acids is 4. The van der Waals surface area contributed by atoms with Crippen LogP contribution in [-0.4, -0.2) is 149 Å². The Balaban J connectivity index is 0.568. The number of rotatable bonds is 16. The molecule has 0 aromatic heterocycles. The Morgan fingerprint density at radius 1 is 0.542 bits per heavy atom. The van der Waals surface area contributed by atoms with E-state index >= 15 is 0 Å². The molecule has 0 aliphatic carbocycles. The molecule has 6 aliphatic heterocycles. The molecule has 17 nitrogen and oxygen atoms in total. The molecule has 12 rings (SSSR count). The molecular weight excluding hydrogens is 1050 g/mol. The summed E-state index contributed by atoms with van der Waals surface area (Å²) < 4.78 is 31.4. The lowest BCUT2D eigenvalue weighted by Gasteiger charge is -2.45. The van der Waals surface area contributed by atoms with Crippen molar-refractivity contribution in [2.24, 2.45) is 9.98 Å². The number of amides is 2. The normalized spacial score (nSPS) is 20.9. The molecule has 4 atom stereocenters. The minimum absolute atomic E-state index is 0.0398. The van der Waals surface area contributed by atoms with Gasteiger partial charge in [0.15, 0.2) is 11.5 Å². The van der Waals surface area contributed by atoms with Crippen LogP contribution < -0.4 is 29.1 Å². The number of aliphatic imine (C=N–C) groups is 2. The lowest BCUT2D eigenvalue weighted by Crippen LogP contribution is -2.61. The monoisotopic (exact) mass is 1120 g/mol. The maximum atomic E-state index is 13.5. The second-order valence-electron chi connectivity index (χ2n) is 23.2. The summed E-state index contributed by atoms with van der Waals surface area (Å²) in [4.78, 5) is 75.9. The minimum Gasteiger partial charge on any atom is -0.460 e. The van der Waals surface area contributed by atoms with Gasteiger partial charge in [0.05, 0.1) is 43.9 Å². The van der Waals surface area contributed by atoms with E-state index in [0.717, 1.165) is 67.2 Å². The second-order valence-corrected chi connectivity index (χ2v) is 23.2. The molecule has 2 saturated heterocycles. The third-order valence-electron chi connectivity index (χ3n) is 18.1. The molecule has 2 amide bonds. The smallest absolute Gasteiger partial charge is 0.306 e. The van der Waals surface area contributed by atoms with Crippen LogP contribution in [0.3, 0.4) is 0 Å². The van der Waals surface area contributed by atoms with Gasteiger partial charge >= 0.3 is 11.9 Å². The molecule has 0 bridgehead atoms. The third kappa shape index (κ3) is 10.1. The van der Waals surface area contributed by atoms with E-state index in [4.69, 9.17) is 33.7 Å². The number of para-hydroxylation sites is 2. The SMILES string of the molecule is CCC(COCC(CC)OC(=O)CCC(=O)N1CCN(c2cc3c(c4ccccc24)N=CC2(O3)N(C)c3ccccc3C2(C)C)CC1)OC(=O)CCC(=O)N1CCN(c2cc3c(c4ccccc24)N=CC2(Cc4ccccc4N2C)O3)CC1. The van der Waals surface area contributed by atoms with Gasteiger partial charge in [-0.1, -0.05) is 98.8 Å². The average Bonchev–Trinajstić information content (AvgIpc) is 1.78. The van der Waals surface area contributed by atoms with Crippen molar-refractivity contribution >= 4 is 91.9 Å². The first-order chi connectivity index (χ1) is 40.2. The largest absolute Gasteiger partial charge is 0.460 e. The quantitative estimate of drug-likeness (QED) is 0.0844. The molecule has 6 aromatic rings. The van der Waals surface area contributed by atoms with E-state index in [1.54, 1.807) is 0 Å². The van der Waals surface area contributed by atoms with Gasteiger partial charge in [-0.05, 0) is 49.9 Å². The maximum absolute atomic E-state index is 13.5. The van der Waals surface area contributed by atoms with Crippen molar-refractivity contribution in [1.82, 2.24) is 9.80 Å². The first-order valence-corrected chi connectivity index (χ1v) is 29.5. The fourth-order valence-electron chi connectivity index (χ4n) is 13.1. The van der Waals surface area contributed by atoms with Crippen molar-refractivity contribution in [3.63, 3.8) is 0 Å². The van der Waals surface area contributed by atoms with Gasteiger partial charge in [0.25, 0.3) is 0 Å². The number of hydrogen-bond acceptors (Lipinski definition) is 15. The standard InChI is InChI=1S/C66H74N8O9/c1-7-45(80-60(77)27-25-58(75)73-33-29-71(30-34-73)54-37-56-62(49-20-12-10-18-47(49)54)67-42-65(82-56)39-44-17-9-15-23-52(44)69(65)5)40-79-41-46(8-2)81-61(78)28-26-59(76)74-35-31-72(32-36-74)55-38-57-63(50-21-13-11-19-48(50)55)68-43-66(83-57)64(3,4)51-22-14-16-24-53(51)70(66)6/h9-24,37-38,42-43,45-46H,7-8,25-36,39-41H2,1-6H3. The lowest BCUT2D eigenvalue weighted by atomic mass is 9.77. The highest BCUT2D eigenvalue weighted by Gasteiger charge is 2.58. The number of benzene rings is 6. The number of ether oxygens (including phenoxy) is 5.